The van der Waals surface area contributed by atoms with Gasteiger partial charge in [-0.2, -0.15) is 0 Å². The number of imidazole rings is 1. The summed E-state index contributed by atoms with van der Waals surface area (Å²) in [4.78, 5) is 12.6. The van der Waals surface area contributed by atoms with E-state index in [1.807, 2.05) is 98.5 Å². The maximum Gasteiger partial charge on any atom is 0.314 e. The Morgan fingerprint density at radius 3 is 2.34 bits per heavy atom. The third kappa shape index (κ3) is 5.64. The first-order chi connectivity index (χ1) is 13.4. The zero-order chi connectivity index (χ0) is 20.1. The Labute approximate surface area is 182 Å². The topological polar surface area (TPSA) is 47.5 Å². The third-order valence-corrected chi connectivity index (χ3v) is 4.51. The van der Waals surface area contributed by atoms with Gasteiger partial charge in [0, 0.05) is 5.41 Å². The second kappa shape index (κ2) is 9.65. The second-order valence-corrected chi connectivity index (χ2v) is 7.65. The number of ketones is 1. The van der Waals surface area contributed by atoms with Crippen LogP contribution in [0.4, 0.5) is 0 Å². The Balaban J connectivity index is 0.00000300. The molecule has 0 aliphatic carbocycles. The number of hydrogen-bond donors (Lipinski definition) is 0. The lowest BCUT2D eigenvalue weighted by Gasteiger charge is -2.15. The molecule has 0 aliphatic rings. The van der Waals surface area contributed by atoms with Crippen LogP contribution in [0.25, 0.3) is 11.4 Å². The third-order valence-electron chi connectivity index (χ3n) is 4.51. The Morgan fingerprint density at radius 2 is 1.76 bits per heavy atom. The summed E-state index contributed by atoms with van der Waals surface area (Å²) in [5, 5.41) is 4.61. The highest BCUT2D eigenvalue weighted by Gasteiger charge is 2.27. The number of halogens is 1. The van der Waals surface area contributed by atoms with Crippen molar-refractivity contribution in [3.05, 3.63) is 72.6 Å². The molecule has 0 spiro atoms. The van der Waals surface area contributed by atoms with E-state index in [1.54, 1.807) is 11.8 Å². The van der Waals surface area contributed by atoms with Crippen molar-refractivity contribution >= 4 is 12.0 Å². The quantitative estimate of drug-likeness (QED) is 0.410. The standard InChI is InChI=1S/C23H26N3O2.BrH/c1-23(2,3)21(27)17-25-14-15-26(24-16-18-8-6-5-7-9-18)22(25)19-10-12-20(28-4)13-11-19;/h5-16H,17H2,1-4H3;1H/q+1;/p-1/b24-16+;. The number of nitrogens with zero attached hydrogens (tertiary/aromatic N) is 3. The van der Waals surface area contributed by atoms with Gasteiger partial charge >= 0.3 is 5.82 Å². The van der Waals surface area contributed by atoms with Crippen LogP contribution in [0.15, 0.2) is 72.1 Å². The average Bonchev–Trinajstić information content (AvgIpc) is 3.09. The molecule has 0 saturated heterocycles. The highest BCUT2D eigenvalue weighted by Crippen LogP contribution is 2.21. The fraction of sp³-hybridized carbons (Fsp3) is 0.261. The zero-order valence-corrected chi connectivity index (χ0v) is 18.8. The van der Waals surface area contributed by atoms with Crippen LogP contribution in [0.5, 0.6) is 5.75 Å². The molecule has 2 aromatic carbocycles. The molecular formula is C23H26BrN3O2. The lowest BCUT2D eigenvalue weighted by Crippen LogP contribution is -3.00. The van der Waals surface area contributed by atoms with Crippen LogP contribution < -0.4 is 26.3 Å². The summed E-state index contributed by atoms with van der Waals surface area (Å²) in [5.74, 6) is 1.79. The number of rotatable bonds is 6. The minimum absolute atomic E-state index is 0. The number of Topliss-reactive ketones (excluding diaryl/α,β-unsaturated/α-hetero) is 1. The molecule has 29 heavy (non-hydrogen) atoms. The van der Waals surface area contributed by atoms with Gasteiger partial charge in [0.1, 0.15) is 18.5 Å². The summed E-state index contributed by atoms with van der Waals surface area (Å²) in [5.41, 5.74) is 1.56. The molecule has 0 bridgehead atoms. The summed E-state index contributed by atoms with van der Waals surface area (Å²) in [6.45, 7) is 6.10. The summed E-state index contributed by atoms with van der Waals surface area (Å²) in [6, 6.07) is 17.7. The monoisotopic (exact) mass is 455 g/mol. The van der Waals surface area contributed by atoms with Crippen LogP contribution in [0.2, 0.25) is 0 Å². The smallest absolute Gasteiger partial charge is 0.314 e. The molecule has 0 N–H and O–H groups in total. The van der Waals surface area contributed by atoms with E-state index in [9.17, 15) is 4.79 Å². The minimum Gasteiger partial charge on any atom is -1.00 e. The average molecular weight is 456 g/mol. The molecular weight excluding hydrogens is 430 g/mol. The second-order valence-electron chi connectivity index (χ2n) is 7.65. The molecule has 0 amide bonds. The van der Waals surface area contributed by atoms with Crippen LogP contribution in [0, 0.1) is 5.41 Å². The molecule has 0 aliphatic heterocycles. The zero-order valence-electron chi connectivity index (χ0n) is 17.2. The highest BCUT2D eigenvalue weighted by atomic mass is 79.9. The lowest BCUT2D eigenvalue weighted by molar-refractivity contribution is -0.673. The van der Waals surface area contributed by atoms with Crippen LogP contribution in [0.3, 0.4) is 0 Å². The molecule has 152 valence electrons. The molecule has 5 nitrogen and oxygen atoms in total. The fourth-order valence-corrected chi connectivity index (χ4v) is 2.74. The lowest BCUT2D eigenvalue weighted by atomic mass is 9.91. The maximum atomic E-state index is 12.6. The molecule has 0 atom stereocenters. The van der Waals surface area contributed by atoms with Gasteiger partial charge in [-0.05, 0) is 29.8 Å². The minimum atomic E-state index is -0.403. The fourth-order valence-electron chi connectivity index (χ4n) is 2.74. The van der Waals surface area contributed by atoms with Gasteiger partial charge in [-0.15, -0.1) is 4.68 Å². The number of carbonyl (C=O) groups is 1. The molecule has 3 aromatic rings. The predicted molar refractivity (Wildman–Crippen MR) is 111 cm³/mol. The van der Waals surface area contributed by atoms with Gasteiger partial charge in [0.15, 0.2) is 12.0 Å². The van der Waals surface area contributed by atoms with E-state index in [0.29, 0.717) is 6.54 Å². The van der Waals surface area contributed by atoms with Crippen molar-refractivity contribution in [1.29, 1.82) is 0 Å². The largest absolute Gasteiger partial charge is 1.00 e. The van der Waals surface area contributed by atoms with Gasteiger partial charge in [-0.3, -0.25) is 4.79 Å². The molecule has 0 fully saturated rings. The SMILES string of the molecule is COc1ccc(-c2n(/N=C/c3ccccc3)cc[n+]2CC(=O)C(C)(C)C)cc1.[Br-]. The molecule has 0 unspecified atom stereocenters. The molecule has 1 aromatic heterocycles. The van der Waals surface area contributed by atoms with Gasteiger partial charge in [-0.1, -0.05) is 56.2 Å². The van der Waals surface area contributed by atoms with Gasteiger partial charge in [0.05, 0.1) is 18.9 Å². The van der Waals surface area contributed by atoms with Crippen molar-refractivity contribution < 1.29 is 31.1 Å². The van der Waals surface area contributed by atoms with Crippen molar-refractivity contribution in [2.24, 2.45) is 10.5 Å². The number of hydrogen-bond acceptors (Lipinski definition) is 3. The van der Waals surface area contributed by atoms with Gasteiger partial charge in [0.25, 0.3) is 0 Å². The Hall–Kier alpha value is -2.73. The van der Waals surface area contributed by atoms with Gasteiger partial charge in [0.2, 0.25) is 0 Å². The van der Waals surface area contributed by atoms with Crippen molar-refractivity contribution in [2.45, 2.75) is 27.3 Å². The number of methoxy groups -OCH3 is 1. The molecule has 1 heterocycles. The van der Waals surface area contributed by atoms with Crippen molar-refractivity contribution in [3.63, 3.8) is 0 Å². The van der Waals surface area contributed by atoms with E-state index < -0.39 is 5.41 Å². The normalized spacial score (nSPS) is 11.3. The molecule has 0 radical (unpaired) electrons. The van der Waals surface area contributed by atoms with Crippen LogP contribution in [0.1, 0.15) is 26.3 Å². The summed E-state index contributed by atoms with van der Waals surface area (Å²) >= 11 is 0. The molecule has 6 heteroatoms. The van der Waals surface area contributed by atoms with Crippen molar-refractivity contribution in [3.8, 4) is 17.1 Å². The van der Waals surface area contributed by atoms with Crippen LogP contribution >= 0.6 is 0 Å². The Kier molecular flexibility index (Phi) is 7.51. The van der Waals surface area contributed by atoms with Crippen LogP contribution in [-0.2, 0) is 11.3 Å². The molecule has 0 saturated carbocycles. The van der Waals surface area contributed by atoms with E-state index in [2.05, 4.69) is 5.10 Å². The van der Waals surface area contributed by atoms with E-state index >= 15 is 0 Å². The first-order valence-corrected chi connectivity index (χ1v) is 9.26. The predicted octanol–water partition coefficient (Wildman–Crippen LogP) is 0.953. The molecule has 3 rings (SSSR count). The summed E-state index contributed by atoms with van der Waals surface area (Å²) < 4.78 is 9.00. The number of ether oxygens (including phenoxy) is 1. The summed E-state index contributed by atoms with van der Waals surface area (Å²) in [6.07, 6.45) is 5.57. The first kappa shape index (κ1) is 22.6. The van der Waals surface area contributed by atoms with E-state index in [-0.39, 0.29) is 22.8 Å². The van der Waals surface area contributed by atoms with Crippen LogP contribution in [-0.4, -0.2) is 23.8 Å². The number of carbonyl (C=O) groups excluding carboxylic acids is 1. The van der Waals surface area contributed by atoms with Gasteiger partial charge < -0.3 is 21.7 Å². The van der Waals surface area contributed by atoms with Gasteiger partial charge in [-0.25, -0.2) is 4.57 Å². The van der Waals surface area contributed by atoms with E-state index in [4.69, 9.17) is 4.74 Å². The first-order valence-electron chi connectivity index (χ1n) is 9.26. The summed E-state index contributed by atoms with van der Waals surface area (Å²) in [7, 11) is 1.64. The highest BCUT2D eigenvalue weighted by molar-refractivity contribution is 5.82. The van der Waals surface area contributed by atoms with Crippen molar-refractivity contribution in [2.75, 3.05) is 7.11 Å². The number of aromatic nitrogens is 2. The van der Waals surface area contributed by atoms with E-state index in [0.717, 1.165) is 22.7 Å². The maximum absolute atomic E-state index is 12.6. The number of benzene rings is 2. The van der Waals surface area contributed by atoms with Crippen molar-refractivity contribution in [1.82, 2.24) is 4.68 Å². The van der Waals surface area contributed by atoms with E-state index in [1.165, 1.54) is 0 Å². The Bertz CT molecular complexity index is 972. The Morgan fingerprint density at radius 1 is 1.10 bits per heavy atom.